The fourth-order valence-corrected chi connectivity index (χ4v) is 1.39. The molecule has 0 spiro atoms. The van der Waals surface area contributed by atoms with Crippen molar-refractivity contribution in [2.45, 2.75) is 20.3 Å². The molecule has 0 unspecified atom stereocenters. The molecule has 0 aliphatic carbocycles. The predicted octanol–water partition coefficient (Wildman–Crippen LogP) is 1.63. The molecule has 3 heteroatoms. The van der Waals surface area contributed by atoms with Crippen molar-refractivity contribution in [1.82, 2.24) is 5.32 Å². The Morgan fingerprint density at radius 1 is 1.67 bits per heavy atom. The van der Waals surface area contributed by atoms with E-state index in [1.807, 2.05) is 0 Å². The lowest BCUT2D eigenvalue weighted by Gasteiger charge is -2.23. The average molecular weight is 187 g/mol. The van der Waals surface area contributed by atoms with Gasteiger partial charge in [0.25, 0.3) is 0 Å². The van der Waals surface area contributed by atoms with Crippen molar-refractivity contribution < 1.29 is 4.79 Å². The lowest BCUT2D eigenvalue weighted by atomic mass is 9.90. The first-order valence-corrected chi connectivity index (χ1v) is 4.66. The number of hydrogen-bond acceptors (Lipinski definition) is 2. The van der Waals surface area contributed by atoms with E-state index < -0.39 is 0 Å². The number of carbonyl (C=O) groups excluding carboxylic acids is 1. The molecule has 0 radical (unpaired) electrons. The summed E-state index contributed by atoms with van der Waals surface area (Å²) >= 11 is 4.15. The van der Waals surface area contributed by atoms with Crippen LogP contribution in [-0.4, -0.2) is 18.2 Å². The van der Waals surface area contributed by atoms with E-state index in [9.17, 15) is 4.79 Å². The lowest BCUT2D eigenvalue weighted by Crippen LogP contribution is -2.33. The van der Waals surface area contributed by atoms with E-state index in [4.69, 9.17) is 0 Å². The molecule has 0 atom stereocenters. The highest BCUT2D eigenvalue weighted by Crippen LogP contribution is 2.18. The van der Waals surface area contributed by atoms with E-state index in [1.54, 1.807) is 0 Å². The molecule has 0 aromatic heterocycles. The zero-order chi connectivity index (χ0) is 9.61. The van der Waals surface area contributed by atoms with Crippen molar-refractivity contribution in [3.8, 4) is 0 Å². The van der Waals surface area contributed by atoms with Crippen LogP contribution in [0.15, 0.2) is 12.7 Å². The topological polar surface area (TPSA) is 29.1 Å². The van der Waals surface area contributed by atoms with Crippen LogP contribution in [0.1, 0.15) is 20.3 Å². The Bertz CT molecular complexity index is 166. The molecule has 0 aliphatic rings. The van der Waals surface area contributed by atoms with E-state index in [0.29, 0.717) is 6.54 Å². The summed E-state index contributed by atoms with van der Waals surface area (Å²) in [5, 5.41) is 2.77. The van der Waals surface area contributed by atoms with Gasteiger partial charge in [0.2, 0.25) is 5.91 Å². The molecule has 1 N–H and O–H groups in total. The molecule has 0 aliphatic heterocycles. The molecule has 1 amide bonds. The summed E-state index contributed by atoms with van der Waals surface area (Å²) < 4.78 is 0. The molecular weight excluding hydrogens is 170 g/mol. The number of rotatable bonds is 5. The molecule has 0 fully saturated rings. The largest absolute Gasteiger partial charge is 0.352 e. The summed E-state index contributed by atoms with van der Waals surface area (Å²) in [6.07, 6.45) is 2.28. The fraction of sp³-hybridized carbons (Fsp3) is 0.667. The summed E-state index contributed by atoms with van der Waals surface area (Å²) in [5.41, 5.74) is 0.125. The zero-order valence-corrected chi connectivity index (χ0v) is 8.66. The van der Waals surface area contributed by atoms with Gasteiger partial charge in [-0.1, -0.05) is 20.4 Å². The number of carbonyl (C=O) groups is 1. The van der Waals surface area contributed by atoms with Gasteiger partial charge in [-0.25, -0.2) is 0 Å². The summed E-state index contributed by atoms with van der Waals surface area (Å²) in [6.45, 7) is 8.27. The molecule has 2 nitrogen and oxygen atoms in total. The van der Waals surface area contributed by atoms with Crippen molar-refractivity contribution >= 4 is 18.5 Å². The second-order valence-corrected chi connectivity index (χ2v) is 4.01. The molecule has 0 aromatic rings. The SMILES string of the molecule is C=CC(=O)NCC(C)(C)CCS. The standard InChI is InChI=1S/C9H17NOS/c1-4-8(11)10-7-9(2,3)5-6-12/h4,12H,1,5-7H2,2-3H3,(H,10,11). The van der Waals surface area contributed by atoms with Crippen molar-refractivity contribution in [3.63, 3.8) is 0 Å². The lowest BCUT2D eigenvalue weighted by molar-refractivity contribution is -0.116. The summed E-state index contributed by atoms with van der Waals surface area (Å²) in [5.74, 6) is 0.735. The Hall–Kier alpha value is -0.440. The third-order valence-electron chi connectivity index (χ3n) is 1.72. The van der Waals surface area contributed by atoms with Gasteiger partial charge >= 0.3 is 0 Å². The minimum atomic E-state index is -0.109. The number of amides is 1. The third kappa shape index (κ3) is 5.24. The first-order valence-electron chi connectivity index (χ1n) is 4.03. The first-order chi connectivity index (χ1) is 5.52. The normalized spacial score (nSPS) is 10.9. The van der Waals surface area contributed by atoms with Crippen molar-refractivity contribution in [1.29, 1.82) is 0 Å². The van der Waals surface area contributed by atoms with Crippen LogP contribution in [0.5, 0.6) is 0 Å². The number of hydrogen-bond donors (Lipinski definition) is 2. The fourth-order valence-electron chi connectivity index (χ4n) is 0.790. The maximum Gasteiger partial charge on any atom is 0.243 e. The van der Waals surface area contributed by atoms with Crippen LogP contribution < -0.4 is 5.32 Å². The van der Waals surface area contributed by atoms with Crippen molar-refractivity contribution in [3.05, 3.63) is 12.7 Å². The van der Waals surface area contributed by atoms with Crippen LogP contribution in [0.4, 0.5) is 0 Å². The number of thiol groups is 1. The first kappa shape index (κ1) is 11.6. The van der Waals surface area contributed by atoms with Crippen LogP contribution in [-0.2, 0) is 4.79 Å². The van der Waals surface area contributed by atoms with E-state index in [1.165, 1.54) is 6.08 Å². The molecule has 0 heterocycles. The monoisotopic (exact) mass is 187 g/mol. The van der Waals surface area contributed by atoms with E-state index in [-0.39, 0.29) is 11.3 Å². The average Bonchev–Trinajstić information content (AvgIpc) is 2.00. The Morgan fingerprint density at radius 2 is 2.25 bits per heavy atom. The summed E-state index contributed by atoms with van der Waals surface area (Å²) in [7, 11) is 0. The van der Waals surface area contributed by atoms with Crippen LogP contribution in [0.25, 0.3) is 0 Å². The maximum atomic E-state index is 10.8. The van der Waals surface area contributed by atoms with E-state index in [0.717, 1.165) is 12.2 Å². The second-order valence-electron chi connectivity index (χ2n) is 3.56. The van der Waals surface area contributed by atoms with Crippen molar-refractivity contribution in [2.75, 3.05) is 12.3 Å². The highest BCUT2D eigenvalue weighted by Gasteiger charge is 2.16. The Kier molecular flexibility index (Phi) is 5.06. The van der Waals surface area contributed by atoms with Gasteiger partial charge in [-0.3, -0.25) is 4.79 Å². The highest BCUT2D eigenvalue weighted by molar-refractivity contribution is 7.80. The molecule has 70 valence electrons. The summed E-state index contributed by atoms with van der Waals surface area (Å²) in [4.78, 5) is 10.8. The molecule has 0 bridgehead atoms. The predicted molar refractivity (Wildman–Crippen MR) is 55.5 cm³/mol. The van der Waals surface area contributed by atoms with Crippen LogP contribution in [0.3, 0.4) is 0 Å². The Balaban J connectivity index is 3.74. The minimum absolute atomic E-state index is 0.109. The second kappa shape index (κ2) is 5.25. The molecule has 0 saturated carbocycles. The minimum Gasteiger partial charge on any atom is -0.352 e. The van der Waals surface area contributed by atoms with Crippen LogP contribution in [0, 0.1) is 5.41 Å². The van der Waals surface area contributed by atoms with Gasteiger partial charge in [0.15, 0.2) is 0 Å². The van der Waals surface area contributed by atoms with Gasteiger partial charge < -0.3 is 5.32 Å². The van der Waals surface area contributed by atoms with Gasteiger partial charge in [-0.05, 0) is 23.7 Å². The Labute approximate surface area is 79.8 Å². The van der Waals surface area contributed by atoms with Crippen LogP contribution in [0.2, 0.25) is 0 Å². The molecule has 0 rings (SSSR count). The Morgan fingerprint density at radius 3 is 2.67 bits per heavy atom. The van der Waals surface area contributed by atoms with Gasteiger partial charge in [0, 0.05) is 6.54 Å². The third-order valence-corrected chi connectivity index (χ3v) is 1.94. The quantitative estimate of drug-likeness (QED) is 0.497. The van der Waals surface area contributed by atoms with Crippen LogP contribution >= 0.6 is 12.6 Å². The molecular formula is C9H17NOS. The highest BCUT2D eigenvalue weighted by atomic mass is 32.1. The zero-order valence-electron chi connectivity index (χ0n) is 7.76. The maximum absolute atomic E-state index is 10.8. The van der Waals surface area contributed by atoms with Gasteiger partial charge in [-0.15, -0.1) is 0 Å². The van der Waals surface area contributed by atoms with E-state index >= 15 is 0 Å². The molecule has 0 aromatic carbocycles. The smallest absolute Gasteiger partial charge is 0.243 e. The van der Waals surface area contributed by atoms with Gasteiger partial charge in [0.05, 0.1) is 0 Å². The van der Waals surface area contributed by atoms with E-state index in [2.05, 4.69) is 38.4 Å². The summed E-state index contributed by atoms with van der Waals surface area (Å²) in [6, 6.07) is 0. The molecule has 12 heavy (non-hydrogen) atoms. The van der Waals surface area contributed by atoms with Gasteiger partial charge in [-0.2, -0.15) is 12.6 Å². The molecule has 0 saturated heterocycles. The van der Waals surface area contributed by atoms with Crippen molar-refractivity contribution in [2.24, 2.45) is 5.41 Å². The van der Waals surface area contributed by atoms with Gasteiger partial charge in [0.1, 0.15) is 0 Å². The number of nitrogens with one attached hydrogen (secondary N) is 1.